The standard InChI is InChI=1S/C16H18N2O3/c1-12-4-2-6-14(10-12)20-8-9-21-15-7-3-5-13(11-15)16(19)18-17/h2-7,10-11H,8-9,17H2,1H3,(H,18,19). The first-order chi connectivity index (χ1) is 10.2. The van der Waals surface area contributed by atoms with Crippen molar-refractivity contribution >= 4 is 5.91 Å². The Kier molecular flexibility index (Phi) is 5.17. The van der Waals surface area contributed by atoms with Crippen LogP contribution in [0.5, 0.6) is 11.5 Å². The van der Waals surface area contributed by atoms with Gasteiger partial charge in [0.05, 0.1) is 0 Å². The molecule has 0 spiro atoms. The van der Waals surface area contributed by atoms with E-state index in [1.54, 1.807) is 24.3 Å². The highest BCUT2D eigenvalue weighted by Gasteiger charge is 2.04. The Balaban J connectivity index is 1.82. The smallest absolute Gasteiger partial charge is 0.265 e. The summed E-state index contributed by atoms with van der Waals surface area (Å²) in [6.07, 6.45) is 0. The van der Waals surface area contributed by atoms with Gasteiger partial charge in [-0.1, -0.05) is 18.2 Å². The van der Waals surface area contributed by atoms with Gasteiger partial charge in [-0.3, -0.25) is 10.2 Å². The second kappa shape index (κ2) is 7.31. The summed E-state index contributed by atoms with van der Waals surface area (Å²) < 4.78 is 11.1. The molecule has 0 heterocycles. The summed E-state index contributed by atoms with van der Waals surface area (Å²) >= 11 is 0. The predicted octanol–water partition coefficient (Wildman–Crippen LogP) is 2.06. The topological polar surface area (TPSA) is 73.6 Å². The van der Waals surface area contributed by atoms with E-state index < -0.39 is 0 Å². The number of hydrogen-bond acceptors (Lipinski definition) is 4. The molecule has 0 radical (unpaired) electrons. The predicted molar refractivity (Wildman–Crippen MR) is 80.3 cm³/mol. The molecule has 1 amide bonds. The summed E-state index contributed by atoms with van der Waals surface area (Å²) in [4.78, 5) is 11.4. The van der Waals surface area contributed by atoms with Crippen LogP contribution >= 0.6 is 0 Å². The lowest BCUT2D eigenvalue weighted by Crippen LogP contribution is -2.29. The van der Waals surface area contributed by atoms with Crippen molar-refractivity contribution in [2.45, 2.75) is 6.92 Å². The summed E-state index contributed by atoms with van der Waals surface area (Å²) in [5, 5.41) is 0. The van der Waals surface area contributed by atoms with Crippen LogP contribution in [0.15, 0.2) is 48.5 Å². The van der Waals surface area contributed by atoms with Gasteiger partial charge in [-0.2, -0.15) is 0 Å². The normalized spacial score (nSPS) is 10.0. The maximum Gasteiger partial charge on any atom is 0.265 e. The Bertz CT molecular complexity index is 614. The second-order valence-corrected chi connectivity index (χ2v) is 4.51. The number of ether oxygens (including phenoxy) is 2. The van der Waals surface area contributed by atoms with Crippen LogP contribution in [0.3, 0.4) is 0 Å². The number of carbonyl (C=O) groups excluding carboxylic acids is 1. The van der Waals surface area contributed by atoms with Crippen LogP contribution < -0.4 is 20.7 Å². The first-order valence-corrected chi connectivity index (χ1v) is 6.62. The molecule has 0 bridgehead atoms. The lowest BCUT2D eigenvalue weighted by atomic mass is 10.2. The molecule has 0 aliphatic rings. The lowest BCUT2D eigenvalue weighted by molar-refractivity contribution is 0.0953. The highest BCUT2D eigenvalue weighted by atomic mass is 16.5. The van der Waals surface area contributed by atoms with Crippen LogP contribution in [-0.4, -0.2) is 19.1 Å². The fourth-order valence-corrected chi connectivity index (χ4v) is 1.83. The van der Waals surface area contributed by atoms with Crippen molar-refractivity contribution in [2.24, 2.45) is 5.84 Å². The van der Waals surface area contributed by atoms with E-state index in [1.807, 2.05) is 31.2 Å². The number of amides is 1. The lowest BCUT2D eigenvalue weighted by Gasteiger charge is -2.09. The van der Waals surface area contributed by atoms with E-state index in [0.717, 1.165) is 11.3 Å². The quantitative estimate of drug-likeness (QED) is 0.369. The minimum atomic E-state index is -0.350. The molecule has 0 saturated carbocycles. The van der Waals surface area contributed by atoms with Gasteiger partial charge in [-0.05, 0) is 42.8 Å². The number of nitrogen functional groups attached to an aromatic ring is 1. The second-order valence-electron chi connectivity index (χ2n) is 4.51. The maximum atomic E-state index is 11.4. The molecule has 0 aliphatic heterocycles. The molecule has 2 aromatic carbocycles. The Morgan fingerprint density at radius 2 is 1.67 bits per heavy atom. The van der Waals surface area contributed by atoms with Crippen molar-refractivity contribution in [1.82, 2.24) is 5.43 Å². The van der Waals surface area contributed by atoms with Crippen molar-refractivity contribution in [2.75, 3.05) is 13.2 Å². The van der Waals surface area contributed by atoms with Gasteiger partial charge in [0.15, 0.2) is 0 Å². The average Bonchev–Trinajstić information content (AvgIpc) is 2.51. The number of carbonyl (C=O) groups is 1. The minimum absolute atomic E-state index is 0.350. The Labute approximate surface area is 123 Å². The summed E-state index contributed by atoms with van der Waals surface area (Å²) in [6, 6.07) is 14.6. The molecule has 0 atom stereocenters. The molecule has 21 heavy (non-hydrogen) atoms. The van der Waals surface area contributed by atoms with Gasteiger partial charge in [0, 0.05) is 5.56 Å². The fraction of sp³-hybridized carbons (Fsp3) is 0.188. The van der Waals surface area contributed by atoms with Crippen molar-refractivity contribution < 1.29 is 14.3 Å². The van der Waals surface area contributed by atoms with E-state index in [4.69, 9.17) is 15.3 Å². The number of hydrazine groups is 1. The van der Waals surface area contributed by atoms with E-state index >= 15 is 0 Å². The van der Waals surface area contributed by atoms with Gasteiger partial charge in [0.25, 0.3) is 5.91 Å². The van der Waals surface area contributed by atoms with Gasteiger partial charge in [-0.25, -0.2) is 5.84 Å². The number of hydrogen-bond donors (Lipinski definition) is 2. The number of rotatable bonds is 6. The number of nitrogens with two attached hydrogens (primary N) is 1. The molecule has 0 fully saturated rings. The molecule has 110 valence electrons. The van der Waals surface area contributed by atoms with Crippen LogP contribution in [-0.2, 0) is 0 Å². The third-order valence-corrected chi connectivity index (χ3v) is 2.84. The molecule has 5 heteroatoms. The van der Waals surface area contributed by atoms with Gasteiger partial charge in [0.1, 0.15) is 24.7 Å². The molecule has 0 unspecified atom stereocenters. The largest absolute Gasteiger partial charge is 0.490 e. The van der Waals surface area contributed by atoms with Crippen LogP contribution in [0.1, 0.15) is 15.9 Å². The van der Waals surface area contributed by atoms with Crippen LogP contribution in [0.25, 0.3) is 0 Å². The molecular weight excluding hydrogens is 268 g/mol. The molecule has 0 aliphatic carbocycles. The van der Waals surface area contributed by atoms with Gasteiger partial charge >= 0.3 is 0 Å². The Morgan fingerprint density at radius 3 is 2.29 bits per heavy atom. The number of aryl methyl sites for hydroxylation is 1. The summed E-state index contributed by atoms with van der Waals surface area (Å²) in [7, 11) is 0. The third kappa shape index (κ3) is 4.50. The maximum absolute atomic E-state index is 11.4. The molecule has 3 N–H and O–H groups in total. The molecule has 0 aromatic heterocycles. The van der Waals surface area contributed by atoms with E-state index in [1.165, 1.54) is 0 Å². The first kappa shape index (κ1) is 14.9. The number of nitrogens with one attached hydrogen (secondary N) is 1. The van der Waals surface area contributed by atoms with Crippen LogP contribution in [0.4, 0.5) is 0 Å². The summed E-state index contributed by atoms with van der Waals surface area (Å²) in [6.45, 7) is 2.83. The zero-order valence-electron chi connectivity index (χ0n) is 11.8. The van der Waals surface area contributed by atoms with Gasteiger partial charge in [-0.15, -0.1) is 0 Å². The van der Waals surface area contributed by atoms with E-state index in [2.05, 4.69) is 5.43 Å². The molecular formula is C16H18N2O3. The van der Waals surface area contributed by atoms with E-state index in [0.29, 0.717) is 24.5 Å². The van der Waals surface area contributed by atoms with E-state index in [-0.39, 0.29) is 5.91 Å². The van der Waals surface area contributed by atoms with Crippen molar-refractivity contribution in [1.29, 1.82) is 0 Å². The molecule has 0 saturated heterocycles. The van der Waals surface area contributed by atoms with Crippen LogP contribution in [0, 0.1) is 6.92 Å². The summed E-state index contributed by atoms with van der Waals surface area (Å²) in [5.41, 5.74) is 3.68. The SMILES string of the molecule is Cc1cccc(OCCOc2cccc(C(=O)NN)c2)c1. The minimum Gasteiger partial charge on any atom is -0.490 e. The highest BCUT2D eigenvalue weighted by molar-refractivity contribution is 5.94. The van der Waals surface area contributed by atoms with Crippen molar-refractivity contribution in [3.05, 3.63) is 59.7 Å². The molecule has 2 rings (SSSR count). The number of benzene rings is 2. The third-order valence-electron chi connectivity index (χ3n) is 2.84. The average molecular weight is 286 g/mol. The zero-order chi connectivity index (χ0) is 15.1. The van der Waals surface area contributed by atoms with Crippen molar-refractivity contribution in [3.8, 4) is 11.5 Å². The first-order valence-electron chi connectivity index (χ1n) is 6.62. The molecule has 2 aromatic rings. The van der Waals surface area contributed by atoms with E-state index in [9.17, 15) is 4.79 Å². The van der Waals surface area contributed by atoms with Crippen molar-refractivity contribution in [3.63, 3.8) is 0 Å². The Hall–Kier alpha value is -2.53. The summed E-state index contributed by atoms with van der Waals surface area (Å²) in [5.74, 6) is 6.16. The monoisotopic (exact) mass is 286 g/mol. The van der Waals surface area contributed by atoms with Gasteiger partial charge in [0.2, 0.25) is 0 Å². The zero-order valence-corrected chi connectivity index (χ0v) is 11.8. The van der Waals surface area contributed by atoms with Crippen LogP contribution in [0.2, 0.25) is 0 Å². The molecule has 5 nitrogen and oxygen atoms in total. The fourth-order valence-electron chi connectivity index (χ4n) is 1.83. The highest BCUT2D eigenvalue weighted by Crippen LogP contribution is 2.14. The van der Waals surface area contributed by atoms with Gasteiger partial charge < -0.3 is 9.47 Å². The Morgan fingerprint density at radius 1 is 1.05 bits per heavy atom.